The Kier molecular flexibility index (Phi) is 8.86. The normalized spacial score (nSPS) is 13.0. The van der Waals surface area contributed by atoms with Crippen molar-refractivity contribution in [1.82, 2.24) is 27.9 Å². The molecule has 0 aliphatic carbocycles. The Morgan fingerprint density at radius 1 is 0.305 bits per heavy atom. The van der Waals surface area contributed by atoms with Crippen molar-refractivity contribution < 1.29 is 0 Å². The molecule has 82 heavy (non-hydrogen) atoms. The molecule has 18 aromatic rings. The number of fused-ring (bicyclic) bond motifs is 20. The van der Waals surface area contributed by atoms with Crippen LogP contribution in [0.25, 0.3) is 165 Å². The molecule has 0 aliphatic rings. The van der Waals surface area contributed by atoms with Crippen LogP contribution >= 0.6 is 0 Å². The van der Waals surface area contributed by atoms with Gasteiger partial charge in [0.05, 0.1) is 44.1 Å². The number of hydrogen-bond donors (Lipinski definition) is 0. The quantitative estimate of drug-likeness (QED) is 0.176. The Labute approximate surface area is 472 Å². The Hall–Kier alpha value is -10.0. The van der Waals surface area contributed by atoms with Crippen molar-refractivity contribution in [3.8, 4) is 33.6 Å². The SMILES string of the molecule is CC(C)(C)c1cc(-c2ccc3c(c2)c2ccccc2n3-c2ccccc2)c2c(c1)c1cccc3c4nc5c(nc4n2c13)c1c2ccccc2cc2c3cc(C(C)(C)C)cc(-c4ccc6c(c4)c4ccccc4n6-c4ccccc4)c3n5c21. The minimum atomic E-state index is -0.124. The van der Waals surface area contributed by atoms with E-state index in [1.54, 1.807) is 0 Å². The summed E-state index contributed by atoms with van der Waals surface area (Å²) < 4.78 is 9.77. The van der Waals surface area contributed by atoms with Crippen molar-refractivity contribution in [3.05, 3.63) is 230 Å². The zero-order chi connectivity index (χ0) is 54.7. The molecule has 0 saturated carbocycles. The lowest BCUT2D eigenvalue weighted by atomic mass is 9.84. The summed E-state index contributed by atoms with van der Waals surface area (Å²) in [4.78, 5) is 12.0. The van der Waals surface area contributed by atoms with Crippen molar-refractivity contribution in [2.75, 3.05) is 0 Å². The van der Waals surface area contributed by atoms with E-state index >= 15 is 0 Å². The lowest BCUT2D eigenvalue weighted by molar-refractivity contribution is 0.591. The smallest absolute Gasteiger partial charge is 0.165 e. The molecule has 388 valence electrons. The average molecular weight is 1050 g/mol. The highest BCUT2D eigenvalue weighted by Gasteiger charge is 2.31. The molecular weight excluding hydrogens is 997 g/mol. The van der Waals surface area contributed by atoms with Gasteiger partial charge in [0.1, 0.15) is 11.0 Å². The number of para-hydroxylation sites is 5. The number of hydrogen-bond acceptors (Lipinski definition) is 2. The van der Waals surface area contributed by atoms with Gasteiger partial charge in [0.25, 0.3) is 0 Å². The first-order chi connectivity index (χ1) is 40.0. The molecule has 6 heteroatoms. The van der Waals surface area contributed by atoms with Crippen molar-refractivity contribution >= 4 is 131 Å². The summed E-state index contributed by atoms with van der Waals surface area (Å²) in [6, 6.07) is 81.3. The van der Waals surface area contributed by atoms with Crippen LogP contribution in [0.2, 0.25) is 0 Å². The zero-order valence-corrected chi connectivity index (χ0v) is 46.5. The Morgan fingerprint density at radius 2 is 0.744 bits per heavy atom. The Balaban J connectivity index is 0.964. The molecule has 0 spiro atoms. The molecule has 6 nitrogen and oxygen atoms in total. The molecule has 0 radical (unpaired) electrons. The van der Waals surface area contributed by atoms with Gasteiger partial charge in [-0.05, 0) is 135 Å². The zero-order valence-electron chi connectivity index (χ0n) is 46.5. The third kappa shape index (κ3) is 6.03. The minimum absolute atomic E-state index is 0.111. The molecule has 7 aromatic heterocycles. The van der Waals surface area contributed by atoms with Gasteiger partial charge >= 0.3 is 0 Å². The molecule has 0 aliphatic heterocycles. The molecular formula is C76H54N6. The first-order valence-electron chi connectivity index (χ1n) is 28.7. The highest BCUT2D eigenvalue weighted by atomic mass is 15.1. The van der Waals surface area contributed by atoms with Crippen molar-refractivity contribution in [3.63, 3.8) is 0 Å². The second-order valence-electron chi connectivity index (χ2n) is 25.0. The van der Waals surface area contributed by atoms with Gasteiger partial charge in [0.15, 0.2) is 11.3 Å². The Morgan fingerprint density at radius 3 is 1.32 bits per heavy atom. The fourth-order valence-electron chi connectivity index (χ4n) is 14.4. The topological polar surface area (TPSA) is 44.5 Å². The van der Waals surface area contributed by atoms with E-state index in [0.717, 1.165) is 66.5 Å². The summed E-state index contributed by atoms with van der Waals surface area (Å²) in [5.41, 5.74) is 22.3. The summed E-state index contributed by atoms with van der Waals surface area (Å²) >= 11 is 0. The number of nitrogens with zero attached hydrogens (tertiary/aromatic N) is 6. The number of rotatable bonds is 4. The first-order valence-corrected chi connectivity index (χ1v) is 28.7. The standard InChI is InChI=1S/C76H54N6/c1-75(2,3)46-39-55(44-32-34-64-57(36-44)51-26-15-17-30-62(51)79(64)48-21-9-7-10-22-48)70-60(41-46)53-28-19-29-54-67-73(81(70)69(53)54)78-68-66-50-25-14-13-20-43(50)38-59-61-42-47(76(4,5)6)40-56(71(61)82(72(59)66)74(68)77-67)45-33-35-65-58(37-45)52-27-16-18-31-63(52)80(65)49-23-11-8-12-24-49/h7-42H,1-6H3. The van der Waals surface area contributed by atoms with Crippen LogP contribution in [0.4, 0.5) is 0 Å². The Bertz CT molecular complexity index is 5760. The van der Waals surface area contributed by atoms with E-state index in [1.807, 2.05) is 0 Å². The predicted molar refractivity (Wildman–Crippen MR) is 346 cm³/mol. The van der Waals surface area contributed by atoms with Gasteiger partial charge in [0.2, 0.25) is 0 Å². The van der Waals surface area contributed by atoms with Gasteiger partial charge < -0.3 is 9.13 Å². The molecule has 11 aromatic carbocycles. The van der Waals surface area contributed by atoms with Crippen molar-refractivity contribution in [2.24, 2.45) is 0 Å². The maximum atomic E-state index is 6.04. The summed E-state index contributed by atoms with van der Waals surface area (Å²) in [7, 11) is 0. The largest absolute Gasteiger partial charge is 0.309 e. The highest BCUT2D eigenvalue weighted by molar-refractivity contribution is 6.33. The highest BCUT2D eigenvalue weighted by Crippen LogP contribution is 2.50. The summed E-state index contributed by atoms with van der Waals surface area (Å²) in [6.45, 7) is 14.0. The average Bonchev–Trinajstić information content (AvgIpc) is 2.79. The molecule has 0 amide bonds. The van der Waals surface area contributed by atoms with Crippen LogP contribution in [0.1, 0.15) is 52.7 Å². The van der Waals surface area contributed by atoms with Crippen LogP contribution in [0, 0.1) is 0 Å². The number of benzene rings is 11. The first kappa shape index (κ1) is 45.8. The van der Waals surface area contributed by atoms with Crippen LogP contribution in [-0.2, 0) is 10.8 Å². The van der Waals surface area contributed by atoms with E-state index in [4.69, 9.17) is 9.97 Å². The van der Waals surface area contributed by atoms with Crippen LogP contribution in [-0.4, -0.2) is 27.9 Å². The molecule has 0 fully saturated rings. The van der Waals surface area contributed by atoms with E-state index in [1.165, 1.54) is 109 Å². The molecule has 0 unspecified atom stereocenters. The number of aromatic nitrogens is 6. The van der Waals surface area contributed by atoms with E-state index < -0.39 is 0 Å². The third-order valence-electron chi connectivity index (χ3n) is 18.3. The molecule has 7 heterocycles. The minimum Gasteiger partial charge on any atom is -0.309 e. The van der Waals surface area contributed by atoms with E-state index in [2.05, 4.69) is 278 Å². The molecule has 0 bridgehead atoms. The van der Waals surface area contributed by atoms with Gasteiger partial charge in [-0.2, -0.15) is 0 Å². The summed E-state index contributed by atoms with van der Waals surface area (Å²) in [6.07, 6.45) is 0. The molecule has 18 rings (SSSR count). The van der Waals surface area contributed by atoms with Gasteiger partial charge in [-0.3, -0.25) is 8.80 Å². The second-order valence-corrected chi connectivity index (χ2v) is 25.0. The molecule has 0 N–H and O–H groups in total. The van der Waals surface area contributed by atoms with Gasteiger partial charge in [-0.1, -0.05) is 169 Å². The van der Waals surface area contributed by atoms with E-state index in [-0.39, 0.29) is 10.8 Å². The summed E-state index contributed by atoms with van der Waals surface area (Å²) in [5, 5.41) is 14.4. The van der Waals surface area contributed by atoms with Crippen LogP contribution < -0.4 is 0 Å². The lowest BCUT2D eigenvalue weighted by Gasteiger charge is -2.21. The van der Waals surface area contributed by atoms with Crippen LogP contribution in [0.5, 0.6) is 0 Å². The molecule has 0 atom stereocenters. The van der Waals surface area contributed by atoms with Crippen LogP contribution in [0.3, 0.4) is 0 Å². The van der Waals surface area contributed by atoms with Crippen LogP contribution in [0.15, 0.2) is 218 Å². The van der Waals surface area contributed by atoms with Gasteiger partial charge in [-0.25, -0.2) is 9.97 Å². The van der Waals surface area contributed by atoms with E-state index in [9.17, 15) is 0 Å². The maximum absolute atomic E-state index is 6.04. The van der Waals surface area contributed by atoms with Crippen molar-refractivity contribution in [1.29, 1.82) is 0 Å². The fourth-order valence-corrected chi connectivity index (χ4v) is 14.4. The third-order valence-corrected chi connectivity index (χ3v) is 18.3. The van der Waals surface area contributed by atoms with Gasteiger partial charge in [-0.15, -0.1) is 0 Å². The van der Waals surface area contributed by atoms with E-state index in [0.29, 0.717) is 0 Å². The second kappa shape index (κ2) is 15.9. The van der Waals surface area contributed by atoms with Gasteiger partial charge in [0, 0.05) is 76.4 Å². The van der Waals surface area contributed by atoms with Crippen molar-refractivity contribution in [2.45, 2.75) is 52.4 Å². The summed E-state index contributed by atoms with van der Waals surface area (Å²) in [5.74, 6) is 0. The monoisotopic (exact) mass is 1050 g/mol. The fraction of sp³-hybridized carbons (Fsp3) is 0.105. The predicted octanol–water partition coefficient (Wildman–Crippen LogP) is 20.1. The molecule has 0 saturated heterocycles. The maximum Gasteiger partial charge on any atom is 0.165 e. The lowest BCUT2D eigenvalue weighted by Crippen LogP contribution is -2.11.